The molecule has 0 bridgehead atoms. The van der Waals surface area contributed by atoms with Crippen LogP contribution in [0.3, 0.4) is 0 Å². The van der Waals surface area contributed by atoms with Crippen LogP contribution in [0.1, 0.15) is 27.0 Å². The third-order valence-electron chi connectivity index (χ3n) is 2.84. The molecule has 0 spiro atoms. The smallest absolute Gasteiger partial charge is 0.193 e. The maximum atomic E-state index is 12.3. The molecule has 0 N–H and O–H groups in total. The molecule has 0 radical (unpaired) electrons. The van der Waals surface area contributed by atoms with Gasteiger partial charge < -0.3 is 4.74 Å². The zero-order chi connectivity index (χ0) is 13.1. The average molecular weight is 240 g/mol. The van der Waals surface area contributed by atoms with E-state index in [0.29, 0.717) is 5.56 Å². The monoisotopic (exact) mass is 240 g/mol. The highest BCUT2D eigenvalue weighted by Gasteiger charge is 2.09. The molecule has 92 valence electrons. The number of carbonyl (C=O) groups is 1. The second kappa shape index (κ2) is 5.05. The Labute approximate surface area is 107 Å². The van der Waals surface area contributed by atoms with Gasteiger partial charge in [0.05, 0.1) is 7.11 Å². The molecule has 0 aliphatic carbocycles. The number of benzene rings is 2. The first-order chi connectivity index (χ1) is 8.60. The molecule has 2 rings (SSSR count). The summed E-state index contributed by atoms with van der Waals surface area (Å²) in [5, 5.41) is 0. The van der Waals surface area contributed by atoms with Gasteiger partial charge in [-0.05, 0) is 50.2 Å². The number of carbonyl (C=O) groups excluding carboxylic acids is 1. The van der Waals surface area contributed by atoms with Gasteiger partial charge in [-0.15, -0.1) is 0 Å². The summed E-state index contributed by atoms with van der Waals surface area (Å²) in [5.74, 6) is 0.802. The van der Waals surface area contributed by atoms with Crippen molar-refractivity contribution in [3.05, 3.63) is 64.7 Å². The van der Waals surface area contributed by atoms with Crippen molar-refractivity contribution in [2.75, 3.05) is 7.11 Å². The Hall–Kier alpha value is -2.09. The second-order valence-electron chi connectivity index (χ2n) is 4.43. The number of aryl methyl sites for hydroxylation is 2. The Balaban J connectivity index is 2.34. The van der Waals surface area contributed by atoms with Gasteiger partial charge in [0.15, 0.2) is 5.78 Å². The number of ketones is 1. The summed E-state index contributed by atoms with van der Waals surface area (Å²) < 4.78 is 5.08. The van der Waals surface area contributed by atoms with E-state index >= 15 is 0 Å². The summed E-state index contributed by atoms with van der Waals surface area (Å²) in [5.41, 5.74) is 3.62. The zero-order valence-electron chi connectivity index (χ0n) is 10.9. The Morgan fingerprint density at radius 1 is 0.889 bits per heavy atom. The van der Waals surface area contributed by atoms with Gasteiger partial charge in [0.25, 0.3) is 0 Å². The molecule has 18 heavy (non-hydrogen) atoms. The van der Waals surface area contributed by atoms with E-state index in [9.17, 15) is 4.79 Å². The summed E-state index contributed by atoms with van der Waals surface area (Å²) in [7, 11) is 1.61. The molecule has 2 heteroatoms. The standard InChI is InChI=1S/C16H16O2/c1-11-8-12(2)10-14(9-11)16(17)13-4-6-15(18-3)7-5-13/h4-10H,1-3H3. The SMILES string of the molecule is COc1ccc(C(=O)c2cc(C)cc(C)c2)cc1. The highest BCUT2D eigenvalue weighted by molar-refractivity contribution is 6.09. The number of hydrogen-bond donors (Lipinski definition) is 0. The number of methoxy groups -OCH3 is 1. The minimum Gasteiger partial charge on any atom is -0.497 e. The topological polar surface area (TPSA) is 26.3 Å². The van der Waals surface area contributed by atoms with Crippen LogP contribution in [0.4, 0.5) is 0 Å². The van der Waals surface area contributed by atoms with E-state index in [0.717, 1.165) is 22.4 Å². The molecule has 2 aromatic rings. The first kappa shape index (κ1) is 12.4. The van der Waals surface area contributed by atoms with E-state index in [1.807, 2.05) is 26.0 Å². The molecule has 0 atom stereocenters. The first-order valence-corrected chi connectivity index (χ1v) is 5.87. The van der Waals surface area contributed by atoms with E-state index in [-0.39, 0.29) is 5.78 Å². The van der Waals surface area contributed by atoms with Crippen LogP contribution in [0.2, 0.25) is 0 Å². The Morgan fingerprint density at radius 2 is 1.44 bits per heavy atom. The largest absolute Gasteiger partial charge is 0.497 e. The average Bonchev–Trinajstić information content (AvgIpc) is 2.37. The molecule has 0 heterocycles. The minimum absolute atomic E-state index is 0.0458. The molecular formula is C16H16O2. The van der Waals surface area contributed by atoms with Gasteiger partial charge in [0.2, 0.25) is 0 Å². The highest BCUT2D eigenvalue weighted by atomic mass is 16.5. The molecule has 0 amide bonds. The summed E-state index contributed by atoms with van der Waals surface area (Å²) in [6.45, 7) is 4.00. The van der Waals surface area contributed by atoms with E-state index < -0.39 is 0 Å². The van der Waals surface area contributed by atoms with Crippen LogP contribution in [-0.2, 0) is 0 Å². The fourth-order valence-corrected chi connectivity index (χ4v) is 2.01. The van der Waals surface area contributed by atoms with Gasteiger partial charge in [0, 0.05) is 11.1 Å². The molecule has 0 fully saturated rings. The Morgan fingerprint density at radius 3 is 1.94 bits per heavy atom. The number of rotatable bonds is 3. The molecule has 2 nitrogen and oxygen atoms in total. The van der Waals surface area contributed by atoms with E-state index in [1.165, 1.54) is 0 Å². The molecule has 2 aromatic carbocycles. The van der Waals surface area contributed by atoms with Crippen LogP contribution in [-0.4, -0.2) is 12.9 Å². The van der Waals surface area contributed by atoms with Crippen LogP contribution in [0.25, 0.3) is 0 Å². The fraction of sp³-hybridized carbons (Fsp3) is 0.188. The van der Waals surface area contributed by atoms with Gasteiger partial charge in [0.1, 0.15) is 5.75 Å². The Kier molecular flexibility index (Phi) is 3.47. The lowest BCUT2D eigenvalue weighted by Crippen LogP contribution is -2.02. The molecule has 0 aliphatic heterocycles. The zero-order valence-corrected chi connectivity index (χ0v) is 10.9. The summed E-state index contributed by atoms with van der Waals surface area (Å²) in [6.07, 6.45) is 0. The third-order valence-corrected chi connectivity index (χ3v) is 2.84. The van der Waals surface area contributed by atoms with Gasteiger partial charge >= 0.3 is 0 Å². The number of hydrogen-bond acceptors (Lipinski definition) is 2. The quantitative estimate of drug-likeness (QED) is 0.767. The highest BCUT2D eigenvalue weighted by Crippen LogP contribution is 2.17. The lowest BCUT2D eigenvalue weighted by molar-refractivity contribution is 0.103. The van der Waals surface area contributed by atoms with Crippen LogP contribution < -0.4 is 4.74 Å². The van der Waals surface area contributed by atoms with Gasteiger partial charge in [-0.2, -0.15) is 0 Å². The lowest BCUT2D eigenvalue weighted by atomic mass is 9.99. The summed E-state index contributed by atoms with van der Waals surface area (Å²) >= 11 is 0. The second-order valence-corrected chi connectivity index (χ2v) is 4.43. The maximum Gasteiger partial charge on any atom is 0.193 e. The van der Waals surface area contributed by atoms with Crippen molar-refractivity contribution in [2.24, 2.45) is 0 Å². The predicted octanol–water partition coefficient (Wildman–Crippen LogP) is 3.54. The number of ether oxygens (including phenoxy) is 1. The van der Waals surface area contributed by atoms with E-state index in [1.54, 1.807) is 31.4 Å². The summed E-state index contributed by atoms with van der Waals surface area (Å²) in [6, 6.07) is 13.1. The summed E-state index contributed by atoms with van der Waals surface area (Å²) in [4.78, 5) is 12.3. The predicted molar refractivity (Wildman–Crippen MR) is 72.3 cm³/mol. The molecule has 0 aliphatic rings. The van der Waals surface area contributed by atoms with Crippen molar-refractivity contribution >= 4 is 5.78 Å². The molecule has 0 saturated heterocycles. The Bertz CT molecular complexity index is 548. The van der Waals surface area contributed by atoms with Crippen LogP contribution in [0, 0.1) is 13.8 Å². The maximum absolute atomic E-state index is 12.3. The van der Waals surface area contributed by atoms with E-state index in [4.69, 9.17) is 4.74 Å². The van der Waals surface area contributed by atoms with Gasteiger partial charge in [-0.1, -0.05) is 17.2 Å². The van der Waals surface area contributed by atoms with Crippen molar-refractivity contribution < 1.29 is 9.53 Å². The first-order valence-electron chi connectivity index (χ1n) is 5.87. The molecule has 0 aromatic heterocycles. The van der Waals surface area contributed by atoms with Crippen molar-refractivity contribution in [1.29, 1.82) is 0 Å². The van der Waals surface area contributed by atoms with Crippen LogP contribution in [0.5, 0.6) is 5.75 Å². The normalized spacial score (nSPS) is 10.2. The van der Waals surface area contributed by atoms with E-state index in [2.05, 4.69) is 6.07 Å². The van der Waals surface area contributed by atoms with Crippen molar-refractivity contribution in [3.63, 3.8) is 0 Å². The van der Waals surface area contributed by atoms with Crippen molar-refractivity contribution in [3.8, 4) is 5.75 Å². The third kappa shape index (κ3) is 2.59. The molecule has 0 unspecified atom stereocenters. The van der Waals surface area contributed by atoms with Gasteiger partial charge in [-0.3, -0.25) is 4.79 Å². The minimum atomic E-state index is 0.0458. The lowest BCUT2D eigenvalue weighted by Gasteiger charge is -2.05. The van der Waals surface area contributed by atoms with Crippen molar-refractivity contribution in [1.82, 2.24) is 0 Å². The molecular weight excluding hydrogens is 224 g/mol. The van der Waals surface area contributed by atoms with Crippen LogP contribution >= 0.6 is 0 Å². The molecule has 0 saturated carbocycles. The van der Waals surface area contributed by atoms with Gasteiger partial charge in [-0.25, -0.2) is 0 Å². The fourth-order valence-electron chi connectivity index (χ4n) is 2.01. The van der Waals surface area contributed by atoms with Crippen LogP contribution in [0.15, 0.2) is 42.5 Å². The van der Waals surface area contributed by atoms with Crippen molar-refractivity contribution in [2.45, 2.75) is 13.8 Å².